The monoisotopic (exact) mass is 275 g/mol. The van der Waals surface area contributed by atoms with Gasteiger partial charge in [-0.05, 0) is 19.5 Å². The van der Waals surface area contributed by atoms with Crippen LogP contribution < -0.4 is 5.32 Å². The van der Waals surface area contributed by atoms with Crippen LogP contribution in [0.3, 0.4) is 0 Å². The zero-order valence-corrected chi connectivity index (χ0v) is 12.7. The quantitative estimate of drug-likeness (QED) is 0.903. The van der Waals surface area contributed by atoms with Gasteiger partial charge in [0.2, 0.25) is 5.91 Å². The van der Waals surface area contributed by atoms with Gasteiger partial charge >= 0.3 is 0 Å². The Morgan fingerprint density at radius 1 is 1.20 bits per heavy atom. The van der Waals surface area contributed by atoms with Crippen LogP contribution in [0.25, 0.3) is 0 Å². The predicted octanol–water partition coefficient (Wildman–Crippen LogP) is 1.42. The highest BCUT2D eigenvalue weighted by atomic mass is 16.1. The van der Waals surface area contributed by atoms with E-state index in [9.17, 15) is 4.79 Å². The lowest BCUT2D eigenvalue weighted by atomic mass is 10.0. The van der Waals surface area contributed by atoms with Crippen molar-refractivity contribution in [2.24, 2.45) is 0 Å². The van der Waals surface area contributed by atoms with E-state index < -0.39 is 0 Å². The molecule has 1 aliphatic heterocycles. The molecule has 1 fully saturated rings. The second-order valence-electron chi connectivity index (χ2n) is 5.70. The zero-order chi connectivity index (χ0) is 14.5. The van der Waals surface area contributed by atoms with Crippen LogP contribution >= 0.6 is 0 Å². The molecular weight excluding hydrogens is 250 g/mol. The van der Waals surface area contributed by atoms with Crippen LogP contribution in [-0.2, 0) is 4.79 Å². The summed E-state index contributed by atoms with van der Waals surface area (Å²) >= 11 is 0. The van der Waals surface area contributed by atoms with Crippen molar-refractivity contribution in [3.8, 4) is 0 Å². The summed E-state index contributed by atoms with van der Waals surface area (Å²) in [5.74, 6) is 0.0382. The van der Waals surface area contributed by atoms with E-state index in [0.717, 1.165) is 26.2 Å². The van der Waals surface area contributed by atoms with Gasteiger partial charge in [0, 0.05) is 39.6 Å². The molecule has 1 N–H and O–H groups in total. The van der Waals surface area contributed by atoms with E-state index in [-0.39, 0.29) is 11.9 Å². The summed E-state index contributed by atoms with van der Waals surface area (Å²) in [7, 11) is 2.16. The number of piperazine rings is 1. The molecule has 1 aliphatic rings. The minimum atomic E-state index is 0.0382. The first-order chi connectivity index (χ1) is 9.56. The highest BCUT2D eigenvalue weighted by molar-refractivity contribution is 5.72. The number of rotatable bonds is 4. The summed E-state index contributed by atoms with van der Waals surface area (Å²) < 4.78 is 0. The third-order valence-corrected chi connectivity index (χ3v) is 3.99. The number of hydrogen-bond acceptors (Lipinski definition) is 3. The maximum Gasteiger partial charge on any atom is 0.216 e. The number of amides is 1. The summed E-state index contributed by atoms with van der Waals surface area (Å²) in [6.07, 6.45) is 0. The Hall–Kier alpha value is -1.39. The molecule has 1 saturated heterocycles. The van der Waals surface area contributed by atoms with Crippen molar-refractivity contribution < 1.29 is 4.79 Å². The molecule has 1 atom stereocenters. The van der Waals surface area contributed by atoms with Crippen molar-refractivity contribution in [2.75, 3.05) is 39.8 Å². The van der Waals surface area contributed by atoms with Crippen molar-refractivity contribution in [3.05, 3.63) is 35.4 Å². The fraction of sp³-hybridized carbons (Fsp3) is 0.562. The molecule has 4 heteroatoms. The third-order valence-electron chi connectivity index (χ3n) is 3.99. The van der Waals surface area contributed by atoms with E-state index >= 15 is 0 Å². The average molecular weight is 275 g/mol. The molecule has 0 bridgehead atoms. The van der Waals surface area contributed by atoms with Gasteiger partial charge in [-0.3, -0.25) is 9.69 Å². The van der Waals surface area contributed by atoms with Gasteiger partial charge in [0.15, 0.2) is 0 Å². The zero-order valence-electron chi connectivity index (χ0n) is 12.7. The van der Waals surface area contributed by atoms with Crippen LogP contribution in [0, 0.1) is 6.92 Å². The van der Waals surface area contributed by atoms with Gasteiger partial charge in [-0.25, -0.2) is 0 Å². The Morgan fingerprint density at radius 3 is 2.35 bits per heavy atom. The van der Waals surface area contributed by atoms with Crippen LogP contribution in [0.4, 0.5) is 0 Å². The largest absolute Gasteiger partial charge is 0.354 e. The minimum absolute atomic E-state index is 0.0382. The number of carbonyl (C=O) groups excluding carboxylic acids is 1. The van der Waals surface area contributed by atoms with Gasteiger partial charge in [0.05, 0.1) is 6.04 Å². The number of hydrogen-bond donors (Lipinski definition) is 1. The highest BCUT2D eigenvalue weighted by Gasteiger charge is 2.23. The maximum absolute atomic E-state index is 11.2. The van der Waals surface area contributed by atoms with Crippen LogP contribution in [0.15, 0.2) is 24.3 Å². The van der Waals surface area contributed by atoms with Crippen LogP contribution in [0.5, 0.6) is 0 Å². The fourth-order valence-corrected chi connectivity index (χ4v) is 2.62. The van der Waals surface area contributed by atoms with Crippen molar-refractivity contribution in [1.82, 2.24) is 15.1 Å². The van der Waals surface area contributed by atoms with Gasteiger partial charge in [-0.2, -0.15) is 0 Å². The number of carbonyl (C=O) groups is 1. The molecule has 0 aliphatic carbocycles. The number of nitrogens with one attached hydrogen (secondary N) is 1. The van der Waals surface area contributed by atoms with E-state index in [0.29, 0.717) is 6.54 Å². The molecule has 4 nitrogen and oxygen atoms in total. The third kappa shape index (κ3) is 4.05. The molecule has 20 heavy (non-hydrogen) atoms. The van der Waals surface area contributed by atoms with Gasteiger partial charge in [-0.15, -0.1) is 0 Å². The molecule has 1 heterocycles. The molecule has 0 saturated carbocycles. The van der Waals surface area contributed by atoms with Gasteiger partial charge in [0.25, 0.3) is 0 Å². The molecule has 1 amide bonds. The summed E-state index contributed by atoms with van der Waals surface area (Å²) in [6.45, 7) is 8.63. The van der Waals surface area contributed by atoms with Crippen molar-refractivity contribution in [3.63, 3.8) is 0 Å². The van der Waals surface area contributed by atoms with Crippen LogP contribution in [0.2, 0.25) is 0 Å². The first-order valence-corrected chi connectivity index (χ1v) is 7.30. The van der Waals surface area contributed by atoms with Crippen molar-refractivity contribution in [1.29, 1.82) is 0 Å². The highest BCUT2D eigenvalue weighted by Crippen LogP contribution is 2.22. The average Bonchev–Trinajstić information content (AvgIpc) is 2.42. The van der Waals surface area contributed by atoms with Gasteiger partial charge in [0.1, 0.15) is 0 Å². The van der Waals surface area contributed by atoms with Crippen molar-refractivity contribution >= 4 is 5.91 Å². The molecule has 0 aromatic heterocycles. The molecular formula is C16H25N3O. The Kier molecular flexibility index (Phi) is 5.15. The normalized spacial score (nSPS) is 18.8. The Bertz CT molecular complexity index is 436. The second kappa shape index (κ2) is 6.86. The molecule has 110 valence electrons. The summed E-state index contributed by atoms with van der Waals surface area (Å²) in [6, 6.07) is 8.92. The van der Waals surface area contributed by atoms with Gasteiger partial charge < -0.3 is 10.2 Å². The van der Waals surface area contributed by atoms with E-state index in [1.807, 2.05) is 0 Å². The SMILES string of the molecule is CC(=O)NCC(c1ccc(C)cc1)N1CCN(C)CC1. The van der Waals surface area contributed by atoms with Crippen molar-refractivity contribution in [2.45, 2.75) is 19.9 Å². The minimum Gasteiger partial charge on any atom is -0.354 e. The second-order valence-corrected chi connectivity index (χ2v) is 5.70. The lowest BCUT2D eigenvalue weighted by Crippen LogP contribution is -2.48. The molecule has 1 aromatic carbocycles. The smallest absolute Gasteiger partial charge is 0.216 e. The Morgan fingerprint density at radius 2 is 1.80 bits per heavy atom. The number of nitrogens with zero attached hydrogens (tertiary/aromatic N) is 2. The molecule has 0 radical (unpaired) electrons. The summed E-state index contributed by atoms with van der Waals surface area (Å²) in [4.78, 5) is 16.1. The standard InChI is InChI=1S/C16H25N3O/c1-13-4-6-15(7-5-13)16(12-17-14(2)20)19-10-8-18(3)9-11-19/h4-7,16H,8-12H2,1-3H3,(H,17,20). The number of aryl methyl sites for hydroxylation is 1. The topological polar surface area (TPSA) is 35.6 Å². The molecule has 1 unspecified atom stereocenters. The molecule has 2 rings (SSSR count). The summed E-state index contributed by atoms with van der Waals surface area (Å²) in [5.41, 5.74) is 2.55. The lowest BCUT2D eigenvalue weighted by Gasteiger charge is -2.38. The first kappa shape index (κ1) is 15.0. The molecule has 1 aromatic rings. The maximum atomic E-state index is 11.2. The predicted molar refractivity (Wildman–Crippen MR) is 81.7 cm³/mol. The number of benzene rings is 1. The first-order valence-electron chi connectivity index (χ1n) is 7.30. The molecule has 0 spiro atoms. The Balaban J connectivity index is 2.11. The van der Waals surface area contributed by atoms with Crippen LogP contribution in [-0.4, -0.2) is 55.5 Å². The van der Waals surface area contributed by atoms with E-state index in [4.69, 9.17) is 0 Å². The summed E-state index contributed by atoms with van der Waals surface area (Å²) in [5, 5.41) is 2.97. The van der Waals surface area contributed by atoms with E-state index in [1.165, 1.54) is 11.1 Å². The van der Waals surface area contributed by atoms with E-state index in [1.54, 1.807) is 6.92 Å². The van der Waals surface area contributed by atoms with E-state index in [2.05, 4.69) is 53.4 Å². The van der Waals surface area contributed by atoms with Crippen LogP contribution in [0.1, 0.15) is 24.1 Å². The fourth-order valence-electron chi connectivity index (χ4n) is 2.62. The Labute approximate surface area is 121 Å². The lowest BCUT2D eigenvalue weighted by molar-refractivity contribution is -0.119. The van der Waals surface area contributed by atoms with Gasteiger partial charge in [-0.1, -0.05) is 29.8 Å². The number of likely N-dealkylation sites (N-methyl/N-ethyl adjacent to an activating group) is 1.